The highest BCUT2D eigenvalue weighted by atomic mass is 32.2. The maximum Gasteiger partial charge on any atom is 0.168 e. The third-order valence-corrected chi connectivity index (χ3v) is 4.50. The lowest BCUT2D eigenvalue weighted by molar-refractivity contribution is 0.343. The Balaban J connectivity index is 1.72. The molecule has 1 heterocycles. The Kier molecular flexibility index (Phi) is 6.33. The van der Waals surface area contributed by atoms with Crippen LogP contribution in [-0.2, 0) is 0 Å². The molecular formula is C20H22N4OS. The van der Waals surface area contributed by atoms with Crippen LogP contribution in [0.5, 0.6) is 5.75 Å². The molecule has 5 nitrogen and oxygen atoms in total. The van der Waals surface area contributed by atoms with Crippen LogP contribution in [-0.4, -0.2) is 46.9 Å². The molecule has 0 fully saturated rings. The fourth-order valence-corrected chi connectivity index (χ4v) is 3.18. The van der Waals surface area contributed by atoms with Crippen LogP contribution in [0.15, 0.2) is 83.3 Å². The number of hydrazone groups is 1. The summed E-state index contributed by atoms with van der Waals surface area (Å²) in [6, 6.07) is 18.3. The Bertz CT molecular complexity index is 832. The smallest absolute Gasteiger partial charge is 0.168 e. The zero-order valence-electron chi connectivity index (χ0n) is 14.9. The molecule has 0 saturated heterocycles. The van der Waals surface area contributed by atoms with Crippen LogP contribution in [0.3, 0.4) is 0 Å². The molecule has 0 saturated carbocycles. The number of hydrogen-bond acceptors (Lipinski definition) is 5. The molecule has 134 valence electrons. The van der Waals surface area contributed by atoms with Gasteiger partial charge in [0.05, 0.1) is 12.2 Å². The van der Waals surface area contributed by atoms with Gasteiger partial charge < -0.3 is 9.75 Å². The lowest BCUT2D eigenvalue weighted by Gasteiger charge is -2.15. The van der Waals surface area contributed by atoms with Crippen LogP contribution in [0.1, 0.15) is 5.56 Å². The first-order valence-corrected chi connectivity index (χ1v) is 9.37. The number of ether oxygens (including phenoxy) is 1. The molecule has 0 unspecified atom stereocenters. The van der Waals surface area contributed by atoms with Gasteiger partial charge in [0, 0.05) is 37.1 Å². The predicted octanol–water partition coefficient (Wildman–Crippen LogP) is 3.83. The first-order valence-electron chi connectivity index (χ1n) is 8.38. The third kappa shape index (κ3) is 4.89. The number of nitrogens with zero attached hydrogens (tertiary/aromatic N) is 4. The summed E-state index contributed by atoms with van der Waals surface area (Å²) in [5, 5.41) is 6.39. The van der Waals surface area contributed by atoms with Crippen LogP contribution in [0.2, 0.25) is 0 Å². The number of aromatic nitrogens is 2. The van der Waals surface area contributed by atoms with Gasteiger partial charge in [0.2, 0.25) is 0 Å². The van der Waals surface area contributed by atoms with Gasteiger partial charge in [0.15, 0.2) is 5.84 Å². The Morgan fingerprint density at radius 2 is 1.88 bits per heavy atom. The van der Waals surface area contributed by atoms with Gasteiger partial charge in [-0.25, -0.2) is 4.98 Å². The summed E-state index contributed by atoms with van der Waals surface area (Å²) in [4.78, 5) is 5.38. The average molecular weight is 366 g/mol. The van der Waals surface area contributed by atoms with Crippen LogP contribution in [0.25, 0.3) is 0 Å². The fraction of sp³-hybridized carbons (Fsp3) is 0.200. The van der Waals surface area contributed by atoms with Crippen LogP contribution < -0.4 is 4.74 Å². The molecule has 26 heavy (non-hydrogen) atoms. The minimum atomic E-state index is 0.621. The van der Waals surface area contributed by atoms with E-state index in [1.165, 1.54) is 4.90 Å². The van der Waals surface area contributed by atoms with E-state index in [0.717, 1.165) is 22.9 Å². The van der Waals surface area contributed by atoms with Gasteiger partial charge in [-0.15, -0.1) is 11.8 Å². The molecule has 0 spiro atoms. The van der Waals surface area contributed by atoms with Gasteiger partial charge >= 0.3 is 0 Å². The SMILES string of the molecule is CN(C)N=C(c1ccccc1OCCSc1ccccc1)n1ccnc1. The number of benzene rings is 2. The molecule has 6 heteroatoms. The second-order valence-electron chi connectivity index (χ2n) is 5.75. The van der Waals surface area contributed by atoms with Crippen molar-refractivity contribution in [2.24, 2.45) is 5.10 Å². The number of rotatable bonds is 7. The topological polar surface area (TPSA) is 42.6 Å². The van der Waals surface area contributed by atoms with Gasteiger partial charge in [-0.1, -0.05) is 30.3 Å². The summed E-state index contributed by atoms with van der Waals surface area (Å²) in [5.41, 5.74) is 0.934. The highest BCUT2D eigenvalue weighted by molar-refractivity contribution is 7.99. The van der Waals surface area contributed by atoms with E-state index < -0.39 is 0 Å². The third-order valence-electron chi connectivity index (χ3n) is 3.52. The number of hydrogen-bond donors (Lipinski definition) is 0. The summed E-state index contributed by atoms with van der Waals surface area (Å²) in [5.74, 6) is 2.47. The Labute approximate surface area is 158 Å². The van der Waals surface area contributed by atoms with Crippen LogP contribution in [0.4, 0.5) is 0 Å². The normalized spacial score (nSPS) is 11.4. The van der Waals surface area contributed by atoms with Gasteiger partial charge in [-0.3, -0.25) is 4.57 Å². The van der Waals surface area contributed by atoms with Gasteiger partial charge in [0.25, 0.3) is 0 Å². The minimum Gasteiger partial charge on any atom is -0.492 e. The van der Waals surface area contributed by atoms with E-state index in [1.807, 2.05) is 67.3 Å². The van der Waals surface area contributed by atoms with E-state index in [-0.39, 0.29) is 0 Å². The summed E-state index contributed by atoms with van der Waals surface area (Å²) < 4.78 is 7.96. The van der Waals surface area contributed by atoms with E-state index in [2.05, 4.69) is 22.2 Å². The quantitative estimate of drug-likeness (QED) is 0.210. The van der Waals surface area contributed by atoms with Crippen molar-refractivity contribution in [2.75, 3.05) is 26.5 Å². The van der Waals surface area contributed by atoms with Crippen LogP contribution in [0, 0.1) is 0 Å². The van der Waals surface area contributed by atoms with Crippen molar-refractivity contribution in [3.05, 3.63) is 78.9 Å². The summed E-state index contributed by atoms with van der Waals surface area (Å²) >= 11 is 1.78. The molecule has 0 amide bonds. The monoisotopic (exact) mass is 366 g/mol. The van der Waals surface area contributed by atoms with Gasteiger partial charge in [-0.05, 0) is 24.3 Å². The standard InChI is InChI=1S/C20H22N4OS/c1-23(2)22-20(24-13-12-21-16-24)18-10-6-7-11-19(18)25-14-15-26-17-8-4-3-5-9-17/h3-13,16H,14-15H2,1-2H3. The largest absolute Gasteiger partial charge is 0.492 e. The number of para-hydroxylation sites is 1. The zero-order valence-corrected chi connectivity index (χ0v) is 15.8. The molecule has 0 aliphatic rings. The summed E-state index contributed by atoms with van der Waals surface area (Å²) in [6.07, 6.45) is 5.36. The number of imidazole rings is 1. The molecule has 2 aromatic carbocycles. The van der Waals surface area contributed by atoms with Crippen molar-refractivity contribution in [1.82, 2.24) is 14.6 Å². The first kappa shape index (κ1) is 18.1. The summed E-state index contributed by atoms with van der Waals surface area (Å²) in [6.45, 7) is 0.621. The maximum absolute atomic E-state index is 6.07. The molecule has 3 aromatic rings. The predicted molar refractivity (Wildman–Crippen MR) is 107 cm³/mol. The van der Waals surface area contributed by atoms with Crippen LogP contribution >= 0.6 is 11.8 Å². The Hall–Kier alpha value is -2.73. The maximum atomic E-state index is 6.07. The first-order chi connectivity index (χ1) is 12.7. The fourth-order valence-electron chi connectivity index (χ4n) is 2.42. The van der Waals surface area contributed by atoms with Gasteiger partial charge in [0.1, 0.15) is 12.1 Å². The Morgan fingerprint density at radius 3 is 2.62 bits per heavy atom. The molecular weight excluding hydrogens is 344 g/mol. The molecule has 0 aliphatic carbocycles. The molecule has 0 radical (unpaired) electrons. The van der Waals surface area contributed by atoms with Gasteiger partial charge in [-0.2, -0.15) is 5.10 Å². The molecule has 0 atom stereocenters. The summed E-state index contributed by atoms with van der Waals surface area (Å²) in [7, 11) is 3.80. The Morgan fingerprint density at radius 1 is 1.12 bits per heavy atom. The highest BCUT2D eigenvalue weighted by Crippen LogP contribution is 2.22. The molecule has 0 bridgehead atoms. The van der Waals surface area contributed by atoms with Crippen molar-refractivity contribution in [3.8, 4) is 5.75 Å². The lowest BCUT2D eigenvalue weighted by atomic mass is 10.2. The van der Waals surface area contributed by atoms with E-state index in [1.54, 1.807) is 29.3 Å². The van der Waals surface area contributed by atoms with E-state index in [9.17, 15) is 0 Å². The molecule has 1 aromatic heterocycles. The zero-order chi connectivity index (χ0) is 18.2. The van der Waals surface area contributed by atoms with Crippen molar-refractivity contribution in [1.29, 1.82) is 0 Å². The molecule has 0 N–H and O–H groups in total. The van der Waals surface area contributed by atoms with E-state index in [4.69, 9.17) is 4.74 Å². The highest BCUT2D eigenvalue weighted by Gasteiger charge is 2.13. The lowest BCUT2D eigenvalue weighted by Crippen LogP contribution is -2.18. The van der Waals surface area contributed by atoms with Crippen molar-refractivity contribution in [3.63, 3.8) is 0 Å². The van der Waals surface area contributed by atoms with Crippen molar-refractivity contribution >= 4 is 17.6 Å². The van der Waals surface area contributed by atoms with Crippen molar-refractivity contribution in [2.45, 2.75) is 4.90 Å². The van der Waals surface area contributed by atoms with Crippen molar-refractivity contribution < 1.29 is 4.74 Å². The second kappa shape index (κ2) is 9.10. The second-order valence-corrected chi connectivity index (χ2v) is 6.92. The molecule has 0 aliphatic heterocycles. The minimum absolute atomic E-state index is 0.621. The van der Waals surface area contributed by atoms with E-state index in [0.29, 0.717) is 6.61 Å². The number of thioether (sulfide) groups is 1. The molecule has 3 rings (SSSR count). The average Bonchev–Trinajstić information content (AvgIpc) is 3.19. The van der Waals surface area contributed by atoms with E-state index >= 15 is 0 Å².